The zero-order valence-corrected chi connectivity index (χ0v) is 10.2. The molecule has 19 heavy (non-hydrogen) atoms. The van der Waals surface area contributed by atoms with Crippen molar-refractivity contribution >= 4 is 17.4 Å². The molecule has 0 saturated carbocycles. The van der Waals surface area contributed by atoms with Crippen molar-refractivity contribution in [3.05, 3.63) is 27.9 Å². The van der Waals surface area contributed by atoms with Crippen LogP contribution in [0.2, 0.25) is 0 Å². The number of nitro groups is 1. The van der Waals surface area contributed by atoms with Gasteiger partial charge in [0, 0.05) is 31.7 Å². The third-order valence-electron chi connectivity index (χ3n) is 3.18. The van der Waals surface area contributed by atoms with Crippen molar-refractivity contribution < 1.29 is 14.8 Å². The molecule has 1 fully saturated rings. The molecule has 0 aromatic carbocycles. The molecule has 1 aliphatic heterocycles. The number of likely N-dealkylation sites (tertiary alicyclic amines) is 1. The Hall–Kier alpha value is -2.22. The summed E-state index contributed by atoms with van der Waals surface area (Å²) in [4.78, 5) is 27.5. The molecular weight excluding hydrogens is 252 g/mol. The Morgan fingerprint density at radius 3 is 3.00 bits per heavy atom. The summed E-state index contributed by atoms with van der Waals surface area (Å²) in [6.07, 6.45) is 1.73. The van der Waals surface area contributed by atoms with Gasteiger partial charge in [0.2, 0.25) is 0 Å². The first kappa shape index (κ1) is 13.2. The summed E-state index contributed by atoms with van der Waals surface area (Å²) in [5, 5.41) is 19.7. The zero-order valence-electron chi connectivity index (χ0n) is 10.2. The van der Waals surface area contributed by atoms with Crippen molar-refractivity contribution in [2.45, 2.75) is 6.42 Å². The lowest BCUT2D eigenvalue weighted by atomic mass is 10.1. The minimum Gasteiger partial charge on any atom is -0.396 e. The van der Waals surface area contributed by atoms with Gasteiger partial charge in [-0.15, -0.1) is 0 Å². The smallest absolute Gasteiger partial charge is 0.288 e. The van der Waals surface area contributed by atoms with Gasteiger partial charge in [-0.1, -0.05) is 0 Å². The summed E-state index contributed by atoms with van der Waals surface area (Å²) < 4.78 is 0. The summed E-state index contributed by atoms with van der Waals surface area (Å²) in [6, 6.07) is 1.14. The Kier molecular flexibility index (Phi) is 3.61. The van der Waals surface area contributed by atoms with E-state index in [2.05, 4.69) is 4.98 Å². The lowest BCUT2D eigenvalue weighted by molar-refractivity contribution is -0.385. The van der Waals surface area contributed by atoms with E-state index in [-0.39, 0.29) is 35.5 Å². The van der Waals surface area contributed by atoms with Crippen LogP contribution in [0.3, 0.4) is 0 Å². The summed E-state index contributed by atoms with van der Waals surface area (Å²) >= 11 is 0. The van der Waals surface area contributed by atoms with E-state index in [0.29, 0.717) is 19.5 Å². The fraction of sp³-hybridized carbons (Fsp3) is 0.455. The number of anilines is 1. The molecule has 0 aliphatic carbocycles. The maximum Gasteiger partial charge on any atom is 0.288 e. The van der Waals surface area contributed by atoms with Gasteiger partial charge in [-0.25, -0.2) is 4.98 Å². The van der Waals surface area contributed by atoms with Gasteiger partial charge in [-0.05, 0) is 6.42 Å². The summed E-state index contributed by atoms with van der Waals surface area (Å²) in [5.74, 6) is -0.357. The van der Waals surface area contributed by atoms with E-state index in [1.807, 2.05) is 0 Å². The second-order valence-corrected chi connectivity index (χ2v) is 4.47. The number of aromatic nitrogens is 1. The number of aliphatic hydroxyl groups is 1. The zero-order chi connectivity index (χ0) is 14.0. The van der Waals surface area contributed by atoms with E-state index < -0.39 is 4.92 Å². The summed E-state index contributed by atoms with van der Waals surface area (Å²) in [7, 11) is 0. The molecule has 2 heterocycles. The molecule has 8 nitrogen and oxygen atoms in total. The topological polar surface area (TPSA) is 123 Å². The minimum absolute atomic E-state index is 0.0203. The predicted octanol–water partition coefficient (Wildman–Crippen LogP) is 0.0264. The third kappa shape index (κ3) is 2.63. The van der Waals surface area contributed by atoms with E-state index in [1.165, 1.54) is 4.90 Å². The minimum atomic E-state index is -0.621. The van der Waals surface area contributed by atoms with Crippen LogP contribution in [0.1, 0.15) is 16.8 Å². The molecule has 1 unspecified atom stereocenters. The van der Waals surface area contributed by atoms with Gasteiger partial charge in [0.05, 0.1) is 10.5 Å². The van der Waals surface area contributed by atoms with Crippen molar-refractivity contribution in [2.75, 3.05) is 25.4 Å². The Labute approximate surface area is 109 Å². The fourth-order valence-electron chi connectivity index (χ4n) is 2.07. The molecule has 1 aliphatic rings. The van der Waals surface area contributed by atoms with Gasteiger partial charge >= 0.3 is 0 Å². The Morgan fingerprint density at radius 1 is 1.68 bits per heavy atom. The number of carbonyl (C=O) groups is 1. The van der Waals surface area contributed by atoms with Crippen LogP contribution in [0, 0.1) is 16.0 Å². The first-order valence-electron chi connectivity index (χ1n) is 5.83. The number of aliphatic hydroxyl groups excluding tert-OH is 1. The van der Waals surface area contributed by atoms with E-state index in [0.717, 1.165) is 12.3 Å². The molecule has 1 saturated heterocycles. The van der Waals surface area contributed by atoms with Crippen LogP contribution in [-0.4, -0.2) is 45.5 Å². The number of nitrogens with zero attached hydrogens (tertiary/aromatic N) is 3. The van der Waals surface area contributed by atoms with Crippen LogP contribution in [0.25, 0.3) is 0 Å². The third-order valence-corrected chi connectivity index (χ3v) is 3.18. The van der Waals surface area contributed by atoms with Crippen molar-refractivity contribution in [3.8, 4) is 0 Å². The van der Waals surface area contributed by atoms with Crippen LogP contribution in [0.5, 0.6) is 0 Å². The molecule has 102 valence electrons. The summed E-state index contributed by atoms with van der Waals surface area (Å²) in [5.41, 5.74) is 5.36. The van der Waals surface area contributed by atoms with E-state index in [4.69, 9.17) is 10.8 Å². The number of carbonyl (C=O) groups excluding carboxylic acids is 1. The van der Waals surface area contributed by atoms with Crippen molar-refractivity contribution in [1.29, 1.82) is 0 Å². The van der Waals surface area contributed by atoms with E-state index in [9.17, 15) is 14.9 Å². The predicted molar refractivity (Wildman–Crippen MR) is 66.4 cm³/mol. The van der Waals surface area contributed by atoms with Gasteiger partial charge in [0.25, 0.3) is 11.6 Å². The van der Waals surface area contributed by atoms with Crippen molar-refractivity contribution in [1.82, 2.24) is 9.88 Å². The number of nitrogens with two attached hydrogens (primary N) is 1. The molecule has 1 aromatic rings. The Balaban J connectivity index is 2.24. The molecule has 8 heteroatoms. The normalized spacial score (nSPS) is 18.6. The van der Waals surface area contributed by atoms with Crippen molar-refractivity contribution in [2.24, 2.45) is 5.92 Å². The van der Waals surface area contributed by atoms with Crippen LogP contribution in [-0.2, 0) is 0 Å². The second kappa shape index (κ2) is 5.19. The monoisotopic (exact) mass is 266 g/mol. The first-order chi connectivity index (χ1) is 9.02. The molecule has 0 spiro atoms. The molecule has 2 rings (SSSR count). The number of hydrogen-bond acceptors (Lipinski definition) is 6. The van der Waals surface area contributed by atoms with E-state index >= 15 is 0 Å². The molecule has 1 aromatic heterocycles. The molecule has 1 amide bonds. The van der Waals surface area contributed by atoms with Gasteiger partial charge < -0.3 is 15.7 Å². The fourth-order valence-corrected chi connectivity index (χ4v) is 2.07. The van der Waals surface area contributed by atoms with Crippen LogP contribution in [0.4, 0.5) is 11.5 Å². The average Bonchev–Trinajstić information content (AvgIpc) is 2.87. The lowest BCUT2D eigenvalue weighted by Gasteiger charge is -2.16. The summed E-state index contributed by atoms with van der Waals surface area (Å²) in [6.45, 7) is 0.954. The Morgan fingerprint density at radius 2 is 2.42 bits per heavy atom. The highest BCUT2D eigenvalue weighted by atomic mass is 16.6. The maximum absolute atomic E-state index is 12.2. The SMILES string of the molecule is Nc1ncc([N+](=O)[O-])cc1C(=O)N1CCC(CO)C1. The highest BCUT2D eigenvalue weighted by molar-refractivity contribution is 5.99. The van der Waals surface area contributed by atoms with Crippen LogP contribution < -0.4 is 5.73 Å². The quantitative estimate of drug-likeness (QED) is 0.587. The first-order valence-corrected chi connectivity index (χ1v) is 5.83. The molecule has 0 radical (unpaired) electrons. The second-order valence-electron chi connectivity index (χ2n) is 4.47. The largest absolute Gasteiger partial charge is 0.396 e. The highest BCUT2D eigenvalue weighted by Gasteiger charge is 2.28. The lowest BCUT2D eigenvalue weighted by Crippen LogP contribution is -2.30. The van der Waals surface area contributed by atoms with Gasteiger partial charge in [-0.3, -0.25) is 14.9 Å². The maximum atomic E-state index is 12.2. The standard InChI is InChI=1S/C11H14N4O4/c12-10-9(3-8(4-13-10)15(18)19)11(17)14-2-1-7(5-14)6-16/h3-4,7,16H,1-2,5-6H2,(H2,12,13). The van der Waals surface area contributed by atoms with Gasteiger partial charge in [0.15, 0.2) is 0 Å². The van der Waals surface area contributed by atoms with Crippen LogP contribution in [0.15, 0.2) is 12.3 Å². The number of rotatable bonds is 3. The number of amides is 1. The van der Waals surface area contributed by atoms with E-state index in [1.54, 1.807) is 0 Å². The number of hydrogen-bond donors (Lipinski definition) is 2. The average molecular weight is 266 g/mol. The molecule has 3 N–H and O–H groups in total. The highest BCUT2D eigenvalue weighted by Crippen LogP contribution is 2.22. The van der Waals surface area contributed by atoms with Gasteiger partial charge in [-0.2, -0.15) is 0 Å². The number of nitrogen functional groups attached to an aromatic ring is 1. The Bertz CT molecular complexity index is 519. The van der Waals surface area contributed by atoms with Gasteiger partial charge in [0.1, 0.15) is 12.0 Å². The van der Waals surface area contributed by atoms with Crippen LogP contribution >= 0.6 is 0 Å². The molecular formula is C11H14N4O4. The van der Waals surface area contributed by atoms with Crippen molar-refractivity contribution in [3.63, 3.8) is 0 Å². The number of pyridine rings is 1. The molecule has 1 atom stereocenters. The molecule has 0 bridgehead atoms.